The van der Waals surface area contributed by atoms with Crippen LogP contribution in [0.2, 0.25) is 0 Å². The smallest absolute Gasteiger partial charge is 0.417 e. The molecule has 1 N–H and O–H groups in total. The van der Waals surface area contributed by atoms with Gasteiger partial charge in [-0.3, -0.25) is 4.98 Å². The minimum absolute atomic E-state index is 0.114. The normalized spacial score (nSPS) is 16.0. The number of fused-ring (bicyclic) bond motifs is 1. The lowest BCUT2D eigenvalue weighted by Gasteiger charge is -2.35. The van der Waals surface area contributed by atoms with Gasteiger partial charge in [0.05, 0.1) is 23.2 Å². The Hall–Kier alpha value is -2.78. The van der Waals surface area contributed by atoms with Gasteiger partial charge in [0.2, 0.25) is 10.0 Å². The molecule has 9 heteroatoms. The van der Waals surface area contributed by atoms with Crippen molar-refractivity contribution in [2.75, 3.05) is 38.2 Å². The Kier molecular flexibility index (Phi) is 4.40. The van der Waals surface area contributed by atoms with E-state index in [9.17, 15) is 13.2 Å². The van der Waals surface area contributed by atoms with Crippen LogP contribution in [0.25, 0.3) is 11.1 Å². The number of oxazole rings is 1. The van der Waals surface area contributed by atoms with Crippen LogP contribution < -0.4 is 15.4 Å². The lowest BCUT2D eigenvalue weighted by atomic mass is 10.2. The Morgan fingerprint density at radius 2 is 1.81 bits per heavy atom. The molecule has 0 spiro atoms. The van der Waals surface area contributed by atoms with Gasteiger partial charge in [0, 0.05) is 32.2 Å². The largest absolute Gasteiger partial charge is 0.495 e. The van der Waals surface area contributed by atoms with E-state index in [0.29, 0.717) is 31.7 Å². The Bertz CT molecular complexity index is 1130. The number of anilines is 1. The molecule has 27 heavy (non-hydrogen) atoms. The average Bonchev–Trinajstić information content (AvgIpc) is 3.07. The molecule has 0 radical (unpaired) electrons. The Labute approximate surface area is 156 Å². The molecule has 0 saturated carbocycles. The van der Waals surface area contributed by atoms with E-state index in [2.05, 4.69) is 9.88 Å². The maximum atomic E-state index is 13.0. The number of sulfonamides is 1. The lowest BCUT2D eigenvalue weighted by Crippen LogP contribution is -2.48. The minimum Gasteiger partial charge on any atom is -0.495 e. The fraction of sp³-hybridized carbons (Fsp3) is 0.278. The zero-order chi connectivity index (χ0) is 19.0. The molecule has 3 aromatic rings. The number of hydrogen-bond acceptors (Lipinski definition) is 6. The van der Waals surface area contributed by atoms with Gasteiger partial charge in [0.25, 0.3) is 0 Å². The predicted octanol–water partition coefficient (Wildman–Crippen LogP) is 1.64. The highest BCUT2D eigenvalue weighted by Gasteiger charge is 2.29. The minimum atomic E-state index is -3.67. The molecule has 1 saturated heterocycles. The fourth-order valence-corrected chi connectivity index (χ4v) is 4.73. The van der Waals surface area contributed by atoms with E-state index in [1.165, 1.54) is 22.5 Å². The SMILES string of the molecule is COc1ccccc1N1CCN(S(=O)(=O)c2ccc3[nH]c(=O)oc3c2)CC1. The molecule has 0 amide bonds. The molecule has 0 aliphatic carbocycles. The summed E-state index contributed by atoms with van der Waals surface area (Å²) in [6, 6.07) is 12.1. The summed E-state index contributed by atoms with van der Waals surface area (Å²) in [5, 5.41) is 0. The van der Waals surface area contributed by atoms with Gasteiger partial charge in [0.1, 0.15) is 5.75 Å². The van der Waals surface area contributed by atoms with Crippen LogP contribution in [0, 0.1) is 0 Å². The van der Waals surface area contributed by atoms with Crippen LogP contribution in [0.15, 0.2) is 56.6 Å². The van der Waals surface area contributed by atoms with Gasteiger partial charge in [-0.15, -0.1) is 0 Å². The summed E-state index contributed by atoms with van der Waals surface area (Å²) < 4.78 is 37.7. The van der Waals surface area contributed by atoms with Gasteiger partial charge in [-0.1, -0.05) is 12.1 Å². The van der Waals surface area contributed by atoms with Crippen LogP contribution in [-0.4, -0.2) is 51.0 Å². The highest BCUT2D eigenvalue weighted by atomic mass is 32.2. The third-order valence-electron chi connectivity index (χ3n) is 4.69. The number of ether oxygens (including phenoxy) is 1. The topological polar surface area (TPSA) is 95.9 Å². The van der Waals surface area contributed by atoms with Gasteiger partial charge >= 0.3 is 5.76 Å². The molecule has 4 rings (SSSR count). The summed E-state index contributed by atoms with van der Waals surface area (Å²) >= 11 is 0. The molecule has 0 unspecified atom stereocenters. The van der Waals surface area contributed by atoms with Crippen molar-refractivity contribution in [1.82, 2.24) is 9.29 Å². The number of nitrogens with zero attached hydrogens (tertiary/aromatic N) is 2. The summed E-state index contributed by atoms with van der Waals surface area (Å²) in [6.45, 7) is 1.83. The van der Waals surface area contributed by atoms with Crippen LogP contribution in [0.4, 0.5) is 5.69 Å². The zero-order valence-electron chi connectivity index (χ0n) is 14.7. The molecular weight excluding hydrogens is 370 g/mol. The third kappa shape index (κ3) is 3.19. The number of para-hydroxylation sites is 2. The summed E-state index contributed by atoms with van der Waals surface area (Å²) in [7, 11) is -2.05. The maximum Gasteiger partial charge on any atom is 0.417 e. The van der Waals surface area contributed by atoms with Crippen molar-refractivity contribution in [3.05, 3.63) is 53.0 Å². The van der Waals surface area contributed by atoms with Crippen molar-refractivity contribution in [2.24, 2.45) is 0 Å². The van der Waals surface area contributed by atoms with Gasteiger partial charge in [0.15, 0.2) is 5.58 Å². The van der Waals surface area contributed by atoms with Crippen LogP contribution in [0.1, 0.15) is 0 Å². The standard InChI is InChI=1S/C18H19N3O5S/c1-25-16-5-3-2-4-15(16)20-8-10-21(11-9-20)27(23,24)13-6-7-14-17(12-13)26-18(22)19-14/h2-7,12H,8-11H2,1H3,(H,19,22). The molecule has 1 aliphatic heterocycles. The summed E-state index contributed by atoms with van der Waals surface area (Å²) in [6.07, 6.45) is 0. The van der Waals surface area contributed by atoms with Crippen molar-refractivity contribution in [1.29, 1.82) is 0 Å². The molecule has 0 atom stereocenters. The van der Waals surface area contributed by atoms with Crippen molar-refractivity contribution < 1.29 is 17.6 Å². The Balaban J connectivity index is 1.55. The molecule has 1 aliphatic rings. The van der Waals surface area contributed by atoms with Crippen molar-refractivity contribution in [2.45, 2.75) is 4.90 Å². The van der Waals surface area contributed by atoms with Gasteiger partial charge in [-0.2, -0.15) is 4.31 Å². The molecular formula is C18H19N3O5S. The van der Waals surface area contributed by atoms with Crippen molar-refractivity contribution in [3.8, 4) is 5.75 Å². The summed E-state index contributed by atoms with van der Waals surface area (Å²) in [5.74, 6) is 0.159. The number of piperazine rings is 1. The molecule has 0 bridgehead atoms. The molecule has 8 nitrogen and oxygen atoms in total. The number of methoxy groups -OCH3 is 1. The van der Waals surface area contributed by atoms with Crippen LogP contribution in [0.5, 0.6) is 5.75 Å². The van der Waals surface area contributed by atoms with E-state index in [0.717, 1.165) is 11.4 Å². The molecule has 2 aromatic carbocycles. The number of H-pyrrole nitrogens is 1. The first kappa shape index (κ1) is 17.6. The highest BCUT2D eigenvalue weighted by molar-refractivity contribution is 7.89. The maximum absolute atomic E-state index is 13.0. The van der Waals surface area contributed by atoms with Crippen LogP contribution in [-0.2, 0) is 10.0 Å². The quantitative estimate of drug-likeness (QED) is 0.729. The monoisotopic (exact) mass is 389 g/mol. The first-order valence-electron chi connectivity index (χ1n) is 8.50. The number of rotatable bonds is 4. The highest BCUT2D eigenvalue weighted by Crippen LogP contribution is 2.29. The third-order valence-corrected chi connectivity index (χ3v) is 6.59. The lowest BCUT2D eigenvalue weighted by molar-refractivity contribution is 0.378. The average molecular weight is 389 g/mol. The Morgan fingerprint density at radius 1 is 1.07 bits per heavy atom. The van der Waals surface area contributed by atoms with Crippen LogP contribution >= 0.6 is 0 Å². The first-order valence-corrected chi connectivity index (χ1v) is 9.94. The second-order valence-electron chi connectivity index (χ2n) is 6.24. The number of benzene rings is 2. The van der Waals surface area contributed by atoms with Gasteiger partial charge in [-0.05, 0) is 24.3 Å². The van der Waals surface area contributed by atoms with E-state index >= 15 is 0 Å². The molecule has 1 aromatic heterocycles. The van der Waals surface area contributed by atoms with Crippen molar-refractivity contribution >= 4 is 26.8 Å². The number of aromatic nitrogens is 1. The van der Waals surface area contributed by atoms with E-state index in [-0.39, 0.29) is 10.5 Å². The molecule has 142 valence electrons. The second kappa shape index (κ2) is 6.75. The summed E-state index contributed by atoms with van der Waals surface area (Å²) in [4.78, 5) is 16.0. The number of aromatic amines is 1. The van der Waals surface area contributed by atoms with E-state index in [4.69, 9.17) is 9.15 Å². The number of hydrogen-bond donors (Lipinski definition) is 1. The van der Waals surface area contributed by atoms with Gasteiger partial charge in [-0.25, -0.2) is 13.2 Å². The number of nitrogens with one attached hydrogen (secondary N) is 1. The van der Waals surface area contributed by atoms with Gasteiger partial charge < -0.3 is 14.1 Å². The molecule has 1 fully saturated rings. The zero-order valence-corrected chi connectivity index (χ0v) is 15.5. The van der Waals surface area contributed by atoms with E-state index in [1.807, 2.05) is 24.3 Å². The first-order chi connectivity index (χ1) is 13.0. The fourth-order valence-electron chi connectivity index (χ4n) is 3.30. The van der Waals surface area contributed by atoms with Crippen molar-refractivity contribution in [3.63, 3.8) is 0 Å². The second-order valence-corrected chi connectivity index (χ2v) is 8.17. The van der Waals surface area contributed by atoms with Crippen LogP contribution in [0.3, 0.4) is 0 Å². The summed E-state index contributed by atoms with van der Waals surface area (Å²) in [5.41, 5.74) is 1.65. The van der Waals surface area contributed by atoms with E-state index < -0.39 is 15.8 Å². The molecule has 2 heterocycles. The Morgan fingerprint density at radius 3 is 2.56 bits per heavy atom. The predicted molar refractivity (Wildman–Crippen MR) is 101 cm³/mol. The van der Waals surface area contributed by atoms with E-state index in [1.54, 1.807) is 7.11 Å².